The van der Waals surface area contributed by atoms with Crippen molar-refractivity contribution in [2.24, 2.45) is 0 Å². The summed E-state index contributed by atoms with van der Waals surface area (Å²) in [6.45, 7) is 0.237. The van der Waals surface area contributed by atoms with E-state index in [1.165, 1.54) is 0 Å². The van der Waals surface area contributed by atoms with Gasteiger partial charge >= 0.3 is 0 Å². The first-order chi connectivity index (χ1) is 14.8. The SMILES string of the molecule is CNc1nc(C=Cc2cccnc2)nc(-c2ccc3c(c2)OCO3)c1-c1cccs1. The first-order valence-corrected chi connectivity index (χ1v) is 10.3. The molecule has 0 bridgehead atoms. The van der Waals surface area contributed by atoms with Crippen LogP contribution in [0.1, 0.15) is 11.4 Å². The van der Waals surface area contributed by atoms with E-state index in [-0.39, 0.29) is 6.79 Å². The maximum atomic E-state index is 5.58. The molecule has 30 heavy (non-hydrogen) atoms. The lowest BCUT2D eigenvalue weighted by atomic mass is 10.0. The minimum atomic E-state index is 0.237. The number of nitrogens with zero attached hydrogens (tertiary/aromatic N) is 3. The van der Waals surface area contributed by atoms with Crippen LogP contribution in [0, 0.1) is 0 Å². The second-order valence-electron chi connectivity index (χ2n) is 6.57. The van der Waals surface area contributed by atoms with Crippen LogP contribution < -0.4 is 14.8 Å². The molecule has 3 aromatic heterocycles. The van der Waals surface area contributed by atoms with Crippen molar-refractivity contribution >= 4 is 29.3 Å². The largest absolute Gasteiger partial charge is 0.454 e. The Kier molecular flexibility index (Phi) is 4.86. The van der Waals surface area contributed by atoms with Crippen LogP contribution in [-0.4, -0.2) is 28.8 Å². The zero-order chi connectivity index (χ0) is 20.3. The van der Waals surface area contributed by atoms with E-state index in [1.807, 2.05) is 55.6 Å². The highest BCUT2D eigenvalue weighted by molar-refractivity contribution is 7.13. The Labute approximate surface area is 177 Å². The molecule has 0 saturated heterocycles. The van der Waals surface area contributed by atoms with Gasteiger partial charge < -0.3 is 14.8 Å². The molecule has 1 aromatic carbocycles. The van der Waals surface area contributed by atoms with Gasteiger partial charge in [-0.1, -0.05) is 12.1 Å². The molecule has 4 aromatic rings. The van der Waals surface area contributed by atoms with Crippen molar-refractivity contribution < 1.29 is 9.47 Å². The van der Waals surface area contributed by atoms with Crippen molar-refractivity contribution in [3.8, 4) is 33.2 Å². The van der Waals surface area contributed by atoms with E-state index in [0.29, 0.717) is 5.82 Å². The third-order valence-electron chi connectivity index (χ3n) is 4.69. The van der Waals surface area contributed by atoms with Crippen LogP contribution in [0.25, 0.3) is 33.9 Å². The molecule has 4 heterocycles. The van der Waals surface area contributed by atoms with E-state index in [1.54, 1.807) is 23.7 Å². The fourth-order valence-electron chi connectivity index (χ4n) is 3.29. The summed E-state index contributed by atoms with van der Waals surface area (Å²) in [6, 6.07) is 13.9. The monoisotopic (exact) mass is 414 g/mol. The van der Waals surface area contributed by atoms with E-state index in [9.17, 15) is 0 Å². The van der Waals surface area contributed by atoms with E-state index in [0.717, 1.165) is 44.6 Å². The van der Waals surface area contributed by atoms with Crippen molar-refractivity contribution in [3.63, 3.8) is 0 Å². The fraction of sp³-hybridized carbons (Fsp3) is 0.0870. The van der Waals surface area contributed by atoms with Crippen LogP contribution in [-0.2, 0) is 0 Å². The number of anilines is 1. The normalized spacial score (nSPS) is 12.4. The number of thiophene rings is 1. The molecule has 0 aliphatic carbocycles. The lowest BCUT2D eigenvalue weighted by molar-refractivity contribution is 0.174. The van der Waals surface area contributed by atoms with Gasteiger partial charge in [-0.3, -0.25) is 4.98 Å². The molecule has 1 aliphatic heterocycles. The predicted molar refractivity (Wildman–Crippen MR) is 120 cm³/mol. The fourth-order valence-corrected chi connectivity index (χ4v) is 4.06. The van der Waals surface area contributed by atoms with Crippen LogP contribution in [0.15, 0.2) is 60.2 Å². The highest BCUT2D eigenvalue weighted by Crippen LogP contribution is 2.41. The Morgan fingerprint density at radius 1 is 1.03 bits per heavy atom. The van der Waals surface area contributed by atoms with Gasteiger partial charge in [0.2, 0.25) is 6.79 Å². The zero-order valence-corrected chi connectivity index (χ0v) is 17.0. The minimum Gasteiger partial charge on any atom is -0.454 e. The summed E-state index contributed by atoms with van der Waals surface area (Å²) in [4.78, 5) is 14.9. The van der Waals surface area contributed by atoms with Crippen LogP contribution >= 0.6 is 11.3 Å². The molecule has 0 unspecified atom stereocenters. The molecule has 0 atom stereocenters. The Hall–Kier alpha value is -3.71. The summed E-state index contributed by atoms with van der Waals surface area (Å²) < 4.78 is 11.0. The van der Waals surface area contributed by atoms with Gasteiger partial charge in [0.05, 0.1) is 11.3 Å². The third kappa shape index (κ3) is 3.51. The van der Waals surface area contributed by atoms with Crippen LogP contribution in [0.3, 0.4) is 0 Å². The average Bonchev–Trinajstić information content (AvgIpc) is 3.49. The Bertz CT molecular complexity index is 1210. The number of hydrogen-bond acceptors (Lipinski definition) is 7. The highest BCUT2D eigenvalue weighted by Gasteiger charge is 2.20. The van der Waals surface area contributed by atoms with Crippen molar-refractivity contribution in [1.82, 2.24) is 15.0 Å². The molecule has 1 N–H and O–H groups in total. The molecule has 148 valence electrons. The van der Waals surface area contributed by atoms with Gasteiger partial charge in [-0.15, -0.1) is 11.3 Å². The van der Waals surface area contributed by atoms with Gasteiger partial charge in [0, 0.05) is 29.9 Å². The quantitative estimate of drug-likeness (QED) is 0.484. The van der Waals surface area contributed by atoms with Gasteiger partial charge in [0.25, 0.3) is 0 Å². The molecule has 1 aliphatic rings. The number of rotatable bonds is 5. The van der Waals surface area contributed by atoms with Gasteiger partial charge in [-0.05, 0) is 53.4 Å². The molecule has 6 nitrogen and oxygen atoms in total. The number of fused-ring (bicyclic) bond motifs is 1. The molecule has 0 radical (unpaired) electrons. The summed E-state index contributed by atoms with van der Waals surface area (Å²) in [7, 11) is 1.87. The molecule has 7 heteroatoms. The van der Waals surface area contributed by atoms with E-state index in [4.69, 9.17) is 19.4 Å². The van der Waals surface area contributed by atoms with E-state index in [2.05, 4.69) is 21.7 Å². The van der Waals surface area contributed by atoms with Crippen molar-refractivity contribution in [1.29, 1.82) is 0 Å². The summed E-state index contributed by atoms with van der Waals surface area (Å²) in [6.07, 6.45) is 7.40. The lowest BCUT2D eigenvalue weighted by Crippen LogP contribution is -2.02. The van der Waals surface area contributed by atoms with Gasteiger partial charge in [0.15, 0.2) is 17.3 Å². The smallest absolute Gasteiger partial charge is 0.231 e. The zero-order valence-electron chi connectivity index (χ0n) is 16.2. The second kappa shape index (κ2) is 7.96. The molecule has 0 amide bonds. The van der Waals surface area contributed by atoms with E-state index >= 15 is 0 Å². The summed E-state index contributed by atoms with van der Waals surface area (Å²) in [5.41, 5.74) is 3.72. The first-order valence-electron chi connectivity index (χ1n) is 9.43. The van der Waals surface area contributed by atoms with Crippen LogP contribution in [0.4, 0.5) is 5.82 Å². The topological polar surface area (TPSA) is 69.2 Å². The molecule has 0 fully saturated rings. The van der Waals surface area contributed by atoms with Crippen LogP contribution in [0.2, 0.25) is 0 Å². The standard InChI is InChI=1S/C23H18N4O2S/c1-24-23-21(19-5-3-11-30-19)22(16-7-8-17-18(12-16)29-14-28-17)26-20(27-23)9-6-15-4-2-10-25-13-15/h2-13H,14H2,1H3,(H,24,26,27). The lowest BCUT2D eigenvalue weighted by Gasteiger charge is -2.14. The molecule has 0 saturated carbocycles. The number of nitrogens with one attached hydrogen (secondary N) is 1. The summed E-state index contributed by atoms with van der Waals surface area (Å²) in [5.74, 6) is 2.85. The Morgan fingerprint density at radius 3 is 2.77 bits per heavy atom. The van der Waals surface area contributed by atoms with Gasteiger partial charge in [0.1, 0.15) is 5.82 Å². The Morgan fingerprint density at radius 2 is 1.97 bits per heavy atom. The summed E-state index contributed by atoms with van der Waals surface area (Å²) >= 11 is 1.65. The number of benzene rings is 1. The molecular weight excluding hydrogens is 396 g/mol. The van der Waals surface area contributed by atoms with Gasteiger partial charge in [-0.2, -0.15) is 0 Å². The number of pyridine rings is 1. The van der Waals surface area contributed by atoms with Crippen LogP contribution in [0.5, 0.6) is 11.5 Å². The van der Waals surface area contributed by atoms with Gasteiger partial charge in [-0.25, -0.2) is 9.97 Å². The Balaban J connectivity index is 1.67. The van der Waals surface area contributed by atoms with Crippen molar-refractivity contribution in [3.05, 3.63) is 71.6 Å². The third-order valence-corrected chi connectivity index (χ3v) is 5.57. The number of hydrogen-bond donors (Lipinski definition) is 1. The molecular formula is C23H18N4O2S. The average molecular weight is 414 g/mol. The van der Waals surface area contributed by atoms with Crippen molar-refractivity contribution in [2.45, 2.75) is 0 Å². The maximum absolute atomic E-state index is 5.58. The maximum Gasteiger partial charge on any atom is 0.231 e. The van der Waals surface area contributed by atoms with Crippen molar-refractivity contribution in [2.75, 3.05) is 19.2 Å². The summed E-state index contributed by atoms with van der Waals surface area (Å²) in [5, 5.41) is 5.29. The number of aromatic nitrogens is 3. The highest BCUT2D eigenvalue weighted by atomic mass is 32.1. The first kappa shape index (κ1) is 18.3. The molecule has 5 rings (SSSR count). The number of ether oxygens (including phenoxy) is 2. The predicted octanol–water partition coefficient (Wildman–Crippen LogP) is 5.21. The van der Waals surface area contributed by atoms with E-state index < -0.39 is 0 Å². The molecule has 0 spiro atoms. The second-order valence-corrected chi connectivity index (χ2v) is 7.52. The minimum absolute atomic E-state index is 0.237.